The summed E-state index contributed by atoms with van der Waals surface area (Å²) in [6.45, 7) is 3.94. The van der Waals surface area contributed by atoms with Crippen molar-refractivity contribution < 1.29 is 9.53 Å². The maximum Gasteiger partial charge on any atom is 0.338 e. The minimum atomic E-state index is -0.352. The Balaban J connectivity index is 2.05. The molecular weight excluding hydrogens is 312 g/mol. The third-order valence-electron chi connectivity index (χ3n) is 3.69. The standard InChI is InChI=1S/C21H18N2O2/c1-3-8-18-14-23(15-19(18)16-9-6-5-7-10-16)20-13-17(11-12-22-20)21(24)25-4-2/h5-7,9-15H,4H2,1-2H3. The first kappa shape index (κ1) is 16.5. The summed E-state index contributed by atoms with van der Waals surface area (Å²) in [5, 5.41) is 0. The summed E-state index contributed by atoms with van der Waals surface area (Å²) >= 11 is 0. The Morgan fingerprint density at radius 2 is 2.00 bits per heavy atom. The average molecular weight is 330 g/mol. The summed E-state index contributed by atoms with van der Waals surface area (Å²) in [4.78, 5) is 16.3. The lowest BCUT2D eigenvalue weighted by molar-refractivity contribution is 0.0526. The van der Waals surface area contributed by atoms with Gasteiger partial charge in [0.2, 0.25) is 0 Å². The van der Waals surface area contributed by atoms with E-state index in [0.29, 0.717) is 18.0 Å². The van der Waals surface area contributed by atoms with Gasteiger partial charge in [0.25, 0.3) is 0 Å². The van der Waals surface area contributed by atoms with Gasteiger partial charge in [-0.3, -0.25) is 0 Å². The van der Waals surface area contributed by atoms with E-state index in [4.69, 9.17) is 4.74 Å². The molecule has 0 saturated carbocycles. The van der Waals surface area contributed by atoms with Gasteiger partial charge in [0.1, 0.15) is 5.82 Å². The number of benzene rings is 1. The van der Waals surface area contributed by atoms with Crippen molar-refractivity contribution in [3.05, 3.63) is 72.2 Å². The van der Waals surface area contributed by atoms with Crippen molar-refractivity contribution in [2.75, 3.05) is 6.61 Å². The highest BCUT2D eigenvalue weighted by atomic mass is 16.5. The fourth-order valence-electron chi connectivity index (χ4n) is 2.57. The molecule has 0 saturated heterocycles. The van der Waals surface area contributed by atoms with Gasteiger partial charge in [-0.2, -0.15) is 0 Å². The van der Waals surface area contributed by atoms with Gasteiger partial charge in [-0.25, -0.2) is 9.78 Å². The molecule has 1 aromatic carbocycles. The topological polar surface area (TPSA) is 44.1 Å². The largest absolute Gasteiger partial charge is 0.462 e. The van der Waals surface area contributed by atoms with Gasteiger partial charge >= 0.3 is 5.97 Å². The predicted octanol–water partition coefficient (Wildman–Crippen LogP) is 4.09. The van der Waals surface area contributed by atoms with E-state index in [1.165, 1.54) is 0 Å². The number of aromatic nitrogens is 2. The summed E-state index contributed by atoms with van der Waals surface area (Å²) in [5.74, 6) is 6.37. The maximum atomic E-state index is 11.9. The van der Waals surface area contributed by atoms with E-state index in [-0.39, 0.29) is 5.97 Å². The van der Waals surface area contributed by atoms with Crippen molar-refractivity contribution in [3.8, 4) is 28.8 Å². The number of hydrogen-bond donors (Lipinski definition) is 0. The molecule has 124 valence electrons. The highest BCUT2D eigenvalue weighted by Gasteiger charge is 2.12. The van der Waals surface area contributed by atoms with Crippen molar-refractivity contribution in [1.82, 2.24) is 9.55 Å². The Hall–Kier alpha value is -3.32. The van der Waals surface area contributed by atoms with Gasteiger partial charge in [0, 0.05) is 24.2 Å². The molecule has 0 aliphatic carbocycles. The highest BCUT2D eigenvalue weighted by molar-refractivity contribution is 5.89. The van der Waals surface area contributed by atoms with Crippen molar-refractivity contribution in [3.63, 3.8) is 0 Å². The fourth-order valence-corrected chi connectivity index (χ4v) is 2.57. The third kappa shape index (κ3) is 3.61. The van der Waals surface area contributed by atoms with Crippen LogP contribution in [0.15, 0.2) is 61.1 Å². The minimum Gasteiger partial charge on any atom is -0.462 e. The molecule has 25 heavy (non-hydrogen) atoms. The fraction of sp³-hybridized carbons (Fsp3) is 0.143. The third-order valence-corrected chi connectivity index (χ3v) is 3.69. The van der Waals surface area contributed by atoms with E-state index in [1.807, 2.05) is 54.2 Å². The number of hydrogen-bond acceptors (Lipinski definition) is 3. The zero-order valence-corrected chi connectivity index (χ0v) is 14.2. The van der Waals surface area contributed by atoms with Crippen LogP contribution in [0.25, 0.3) is 16.9 Å². The van der Waals surface area contributed by atoms with E-state index in [9.17, 15) is 4.79 Å². The Bertz CT molecular complexity index is 947. The first-order chi connectivity index (χ1) is 12.2. The normalized spacial score (nSPS) is 10.0. The Morgan fingerprint density at radius 3 is 2.72 bits per heavy atom. The maximum absolute atomic E-state index is 11.9. The van der Waals surface area contributed by atoms with Crippen LogP contribution in [0.2, 0.25) is 0 Å². The molecule has 0 aliphatic rings. The van der Waals surface area contributed by atoms with Gasteiger partial charge in [-0.05, 0) is 31.5 Å². The molecule has 2 heterocycles. The average Bonchev–Trinajstić information content (AvgIpc) is 3.07. The van der Waals surface area contributed by atoms with Crippen LogP contribution in [0.3, 0.4) is 0 Å². The van der Waals surface area contributed by atoms with Crippen molar-refractivity contribution >= 4 is 5.97 Å². The minimum absolute atomic E-state index is 0.342. The predicted molar refractivity (Wildman–Crippen MR) is 97.5 cm³/mol. The van der Waals surface area contributed by atoms with Crippen LogP contribution in [-0.2, 0) is 4.74 Å². The number of carbonyl (C=O) groups excluding carboxylic acids is 1. The van der Waals surface area contributed by atoms with Gasteiger partial charge in [-0.1, -0.05) is 36.3 Å². The highest BCUT2D eigenvalue weighted by Crippen LogP contribution is 2.25. The van der Waals surface area contributed by atoms with Crippen LogP contribution < -0.4 is 0 Å². The quantitative estimate of drug-likeness (QED) is 0.535. The number of ether oxygens (including phenoxy) is 1. The second kappa shape index (κ2) is 7.50. The van der Waals surface area contributed by atoms with Gasteiger partial charge in [-0.15, -0.1) is 5.92 Å². The second-order valence-corrected chi connectivity index (χ2v) is 5.36. The zero-order valence-electron chi connectivity index (χ0n) is 14.2. The summed E-state index contributed by atoms with van der Waals surface area (Å²) in [6.07, 6.45) is 5.51. The molecule has 0 atom stereocenters. The van der Waals surface area contributed by atoms with Gasteiger partial charge in [0.15, 0.2) is 0 Å². The van der Waals surface area contributed by atoms with E-state index in [2.05, 4.69) is 16.8 Å². The van der Waals surface area contributed by atoms with E-state index in [1.54, 1.807) is 25.3 Å². The molecule has 0 bridgehead atoms. The molecule has 4 nitrogen and oxygen atoms in total. The molecule has 3 rings (SSSR count). The monoisotopic (exact) mass is 330 g/mol. The molecular formula is C21H18N2O2. The van der Waals surface area contributed by atoms with Crippen molar-refractivity contribution in [2.45, 2.75) is 13.8 Å². The summed E-state index contributed by atoms with van der Waals surface area (Å²) in [5.41, 5.74) is 3.50. The molecule has 0 N–H and O–H groups in total. The Labute approximate surface area is 147 Å². The first-order valence-electron chi connectivity index (χ1n) is 8.06. The SMILES string of the molecule is CC#Cc1cn(-c2cc(C(=O)OCC)ccn2)cc1-c1ccccc1. The molecule has 3 aromatic rings. The van der Waals surface area contributed by atoms with Gasteiger partial charge < -0.3 is 9.30 Å². The molecule has 0 spiro atoms. The van der Waals surface area contributed by atoms with Crippen LogP contribution in [0, 0.1) is 11.8 Å². The number of carbonyl (C=O) groups is 1. The molecule has 0 radical (unpaired) electrons. The summed E-state index contributed by atoms with van der Waals surface area (Å²) in [6, 6.07) is 13.4. The van der Waals surface area contributed by atoms with Crippen LogP contribution >= 0.6 is 0 Å². The molecule has 4 heteroatoms. The summed E-state index contributed by atoms with van der Waals surface area (Å²) in [7, 11) is 0. The van der Waals surface area contributed by atoms with Gasteiger partial charge in [0.05, 0.1) is 17.7 Å². The van der Waals surface area contributed by atoms with E-state index < -0.39 is 0 Å². The molecule has 0 aliphatic heterocycles. The number of pyridine rings is 1. The first-order valence-corrected chi connectivity index (χ1v) is 8.06. The molecule has 0 amide bonds. The van der Waals surface area contributed by atoms with Crippen LogP contribution in [0.1, 0.15) is 29.8 Å². The van der Waals surface area contributed by atoms with Crippen molar-refractivity contribution in [2.24, 2.45) is 0 Å². The lowest BCUT2D eigenvalue weighted by atomic mass is 10.1. The second-order valence-electron chi connectivity index (χ2n) is 5.36. The van der Waals surface area contributed by atoms with Crippen LogP contribution in [0.5, 0.6) is 0 Å². The summed E-state index contributed by atoms with van der Waals surface area (Å²) < 4.78 is 6.94. The van der Waals surface area contributed by atoms with Crippen LogP contribution in [0.4, 0.5) is 0 Å². The Morgan fingerprint density at radius 1 is 1.20 bits per heavy atom. The number of esters is 1. The molecule has 0 unspecified atom stereocenters. The molecule has 2 aromatic heterocycles. The zero-order chi connectivity index (χ0) is 17.6. The molecule has 0 fully saturated rings. The number of nitrogens with zero attached hydrogens (tertiary/aromatic N) is 2. The lowest BCUT2D eigenvalue weighted by Gasteiger charge is -2.05. The smallest absolute Gasteiger partial charge is 0.338 e. The van der Waals surface area contributed by atoms with Crippen molar-refractivity contribution in [1.29, 1.82) is 0 Å². The Kier molecular flexibility index (Phi) is 4.96. The number of rotatable bonds is 4. The van der Waals surface area contributed by atoms with E-state index in [0.717, 1.165) is 16.7 Å². The van der Waals surface area contributed by atoms with Crippen LogP contribution in [-0.4, -0.2) is 22.1 Å². The van der Waals surface area contributed by atoms with E-state index >= 15 is 0 Å². The lowest BCUT2D eigenvalue weighted by Crippen LogP contribution is -2.06.